The van der Waals surface area contributed by atoms with Gasteiger partial charge in [-0.1, -0.05) is 5.46 Å². The van der Waals surface area contributed by atoms with Crippen LogP contribution in [-0.2, 0) is 0 Å². The summed E-state index contributed by atoms with van der Waals surface area (Å²) in [5, 5.41) is 1.83. The van der Waals surface area contributed by atoms with E-state index in [-0.39, 0.29) is 5.95 Å². The van der Waals surface area contributed by atoms with Gasteiger partial charge in [-0.15, -0.1) is 11.3 Å². The molecule has 0 aliphatic carbocycles. The van der Waals surface area contributed by atoms with Crippen molar-refractivity contribution in [2.45, 2.75) is 0 Å². The van der Waals surface area contributed by atoms with E-state index in [1.807, 2.05) is 5.38 Å². The number of aromatic nitrogens is 2. The molecule has 0 aliphatic heterocycles. The van der Waals surface area contributed by atoms with E-state index >= 15 is 0 Å². The molecule has 5 heteroatoms. The van der Waals surface area contributed by atoms with Crippen LogP contribution in [0.1, 0.15) is 0 Å². The second-order valence-electron chi connectivity index (χ2n) is 2.13. The Morgan fingerprint density at radius 2 is 2.36 bits per heavy atom. The molecule has 3 nitrogen and oxygen atoms in total. The van der Waals surface area contributed by atoms with Gasteiger partial charge in [0.1, 0.15) is 7.85 Å². The topological polar surface area (TPSA) is 51.8 Å². The van der Waals surface area contributed by atoms with Crippen LogP contribution >= 0.6 is 11.3 Å². The van der Waals surface area contributed by atoms with Gasteiger partial charge in [-0.25, -0.2) is 9.97 Å². The van der Waals surface area contributed by atoms with E-state index in [0.29, 0.717) is 5.46 Å². The van der Waals surface area contributed by atoms with Crippen molar-refractivity contribution in [1.82, 2.24) is 9.97 Å². The highest BCUT2D eigenvalue weighted by atomic mass is 32.1. The Bertz CT molecular complexity index is 398. The van der Waals surface area contributed by atoms with Crippen molar-refractivity contribution in [3.8, 4) is 0 Å². The highest BCUT2D eigenvalue weighted by Gasteiger charge is 2.00. The zero-order chi connectivity index (χ0) is 7.84. The molecule has 0 fully saturated rings. The second-order valence-corrected chi connectivity index (χ2v) is 3.04. The van der Waals surface area contributed by atoms with Crippen molar-refractivity contribution in [3.63, 3.8) is 0 Å². The lowest BCUT2D eigenvalue weighted by atomic mass is 9.99. The third-order valence-electron chi connectivity index (χ3n) is 1.36. The number of fused-ring (bicyclic) bond motifs is 1. The van der Waals surface area contributed by atoms with Crippen LogP contribution in [0.2, 0.25) is 0 Å². The molecule has 0 amide bonds. The van der Waals surface area contributed by atoms with E-state index in [0.717, 1.165) is 10.2 Å². The monoisotopic (exact) mass is 161 g/mol. The molecule has 0 atom stereocenters. The zero-order valence-corrected chi connectivity index (χ0v) is 6.43. The van der Waals surface area contributed by atoms with Crippen LogP contribution in [-0.4, -0.2) is 17.8 Å². The Morgan fingerprint density at radius 1 is 1.55 bits per heavy atom. The normalized spacial score (nSPS) is 10.5. The van der Waals surface area contributed by atoms with Crippen molar-refractivity contribution >= 4 is 40.8 Å². The lowest BCUT2D eigenvalue weighted by molar-refractivity contribution is 1.25. The minimum Gasteiger partial charge on any atom is -0.368 e. The molecule has 0 saturated carbocycles. The summed E-state index contributed by atoms with van der Waals surface area (Å²) in [5.41, 5.74) is 6.80. The highest BCUT2D eigenvalue weighted by molar-refractivity contribution is 7.18. The summed E-state index contributed by atoms with van der Waals surface area (Å²) in [6.45, 7) is 0. The van der Waals surface area contributed by atoms with Crippen molar-refractivity contribution in [1.29, 1.82) is 0 Å². The Kier molecular flexibility index (Phi) is 1.32. The van der Waals surface area contributed by atoms with E-state index in [1.54, 1.807) is 6.20 Å². The largest absolute Gasteiger partial charge is 0.368 e. The fourth-order valence-corrected chi connectivity index (χ4v) is 1.61. The average molecular weight is 161 g/mol. The van der Waals surface area contributed by atoms with E-state index in [2.05, 4.69) is 9.97 Å². The van der Waals surface area contributed by atoms with Crippen LogP contribution in [0.15, 0.2) is 11.6 Å². The predicted molar refractivity (Wildman–Crippen MR) is 47.2 cm³/mol. The molecule has 0 aliphatic rings. The van der Waals surface area contributed by atoms with Gasteiger partial charge in [0.2, 0.25) is 5.95 Å². The first-order valence-corrected chi connectivity index (χ1v) is 3.90. The maximum atomic E-state index is 5.61. The fourth-order valence-electron chi connectivity index (χ4n) is 0.860. The van der Waals surface area contributed by atoms with Gasteiger partial charge in [-0.05, 0) is 5.38 Å². The summed E-state index contributed by atoms with van der Waals surface area (Å²) >= 11 is 1.52. The first kappa shape index (κ1) is 6.60. The molecule has 0 spiro atoms. The quantitative estimate of drug-likeness (QED) is 0.556. The number of hydrogen-bond acceptors (Lipinski definition) is 4. The molecule has 2 rings (SSSR count). The molecule has 0 bridgehead atoms. The lowest BCUT2D eigenvalue weighted by Crippen LogP contribution is -2.02. The minimum atomic E-state index is 0.266. The lowest BCUT2D eigenvalue weighted by Gasteiger charge is -1.91. The molecule has 0 saturated heterocycles. The number of hydrogen-bond donors (Lipinski definition) is 1. The summed E-state index contributed by atoms with van der Waals surface area (Å²) in [6, 6.07) is 0. The molecule has 0 unspecified atom stereocenters. The molecule has 2 aromatic rings. The van der Waals surface area contributed by atoms with Gasteiger partial charge < -0.3 is 5.73 Å². The van der Waals surface area contributed by atoms with Crippen molar-refractivity contribution in [3.05, 3.63) is 11.6 Å². The van der Waals surface area contributed by atoms with Gasteiger partial charge in [0.05, 0.1) is 16.4 Å². The molecule has 2 radical (unpaired) electrons. The van der Waals surface area contributed by atoms with Gasteiger partial charge in [0, 0.05) is 0 Å². The zero-order valence-electron chi connectivity index (χ0n) is 5.61. The van der Waals surface area contributed by atoms with Crippen LogP contribution in [0.3, 0.4) is 0 Å². The van der Waals surface area contributed by atoms with Gasteiger partial charge >= 0.3 is 0 Å². The maximum Gasteiger partial charge on any atom is 0.220 e. The van der Waals surface area contributed by atoms with Gasteiger partial charge in [0.15, 0.2) is 0 Å². The summed E-state index contributed by atoms with van der Waals surface area (Å²) < 4.78 is 0.969. The summed E-state index contributed by atoms with van der Waals surface area (Å²) in [5.74, 6) is 0.266. The van der Waals surface area contributed by atoms with E-state index in [9.17, 15) is 0 Å². The van der Waals surface area contributed by atoms with E-state index < -0.39 is 0 Å². The standard InChI is InChI=1S/C6H4BN3S/c7-3-2-11-4-1-9-6(8)10-5(3)4/h1-2H,(H2,8,9,10). The fraction of sp³-hybridized carbons (Fsp3) is 0. The van der Waals surface area contributed by atoms with Crippen molar-refractivity contribution < 1.29 is 0 Å². The second kappa shape index (κ2) is 2.20. The smallest absolute Gasteiger partial charge is 0.220 e. The van der Waals surface area contributed by atoms with Crippen LogP contribution in [0.25, 0.3) is 10.2 Å². The third kappa shape index (κ3) is 0.972. The molecule has 2 aromatic heterocycles. The van der Waals surface area contributed by atoms with Crippen molar-refractivity contribution in [2.75, 3.05) is 5.73 Å². The molecular weight excluding hydrogens is 157 g/mol. The van der Waals surface area contributed by atoms with E-state index in [4.69, 9.17) is 13.6 Å². The first-order valence-electron chi connectivity index (χ1n) is 3.02. The number of thiophene rings is 1. The number of anilines is 1. The maximum absolute atomic E-state index is 5.61. The van der Waals surface area contributed by atoms with Crippen LogP contribution in [0.5, 0.6) is 0 Å². The molecule has 52 valence electrons. The molecule has 0 aromatic carbocycles. The Morgan fingerprint density at radius 3 is 3.18 bits per heavy atom. The Balaban J connectivity index is 2.87. The summed E-state index contributed by atoms with van der Waals surface area (Å²) in [6.07, 6.45) is 1.68. The number of rotatable bonds is 0. The van der Waals surface area contributed by atoms with Crippen LogP contribution in [0.4, 0.5) is 5.95 Å². The van der Waals surface area contributed by atoms with E-state index in [1.165, 1.54) is 11.3 Å². The molecular formula is C6H4BN3S. The first-order chi connectivity index (χ1) is 5.27. The number of nitrogens with two attached hydrogens (primary N) is 1. The van der Waals surface area contributed by atoms with Gasteiger partial charge in [-0.2, -0.15) is 0 Å². The average Bonchev–Trinajstić information content (AvgIpc) is 2.33. The minimum absolute atomic E-state index is 0.266. The van der Waals surface area contributed by atoms with Crippen molar-refractivity contribution in [2.24, 2.45) is 0 Å². The Hall–Kier alpha value is -1.10. The molecule has 2 N–H and O–H groups in total. The highest BCUT2D eigenvalue weighted by Crippen LogP contribution is 2.14. The van der Waals surface area contributed by atoms with Crippen LogP contribution in [0, 0.1) is 0 Å². The number of nitrogens with zero attached hydrogens (tertiary/aromatic N) is 2. The Labute approximate surface area is 68.7 Å². The molecule has 2 heterocycles. The molecule has 11 heavy (non-hydrogen) atoms. The summed E-state index contributed by atoms with van der Waals surface area (Å²) in [4.78, 5) is 7.83. The predicted octanol–water partition coefficient (Wildman–Crippen LogP) is 0.0673. The third-order valence-corrected chi connectivity index (χ3v) is 2.28. The number of nitrogen functional groups attached to an aromatic ring is 1. The summed E-state index contributed by atoms with van der Waals surface area (Å²) in [7, 11) is 5.61. The van der Waals surface area contributed by atoms with Gasteiger partial charge in [-0.3, -0.25) is 0 Å². The van der Waals surface area contributed by atoms with Crippen LogP contribution < -0.4 is 11.2 Å². The van der Waals surface area contributed by atoms with Gasteiger partial charge in [0.25, 0.3) is 0 Å². The SMILES string of the molecule is [B]c1csc2cnc(N)nc12.